The largest absolute Gasteiger partial charge is 0.361 e. The Morgan fingerprint density at radius 2 is 2.00 bits per heavy atom. The fourth-order valence-electron chi connectivity index (χ4n) is 2.69. The number of benzene rings is 2. The Labute approximate surface area is 164 Å². The Balaban J connectivity index is 1.48. The Morgan fingerprint density at radius 1 is 1.15 bits per heavy atom. The summed E-state index contributed by atoms with van der Waals surface area (Å²) in [7, 11) is 0. The minimum atomic E-state index is -0.407. The van der Waals surface area contributed by atoms with E-state index in [1.54, 1.807) is 30.5 Å². The molecule has 2 aromatic carbocycles. The summed E-state index contributed by atoms with van der Waals surface area (Å²) in [5.41, 5.74) is 5.86. The number of hydrazone groups is 1. The van der Waals surface area contributed by atoms with Gasteiger partial charge in [0, 0.05) is 33.2 Å². The van der Waals surface area contributed by atoms with Crippen LogP contribution in [0.1, 0.15) is 16.1 Å². The van der Waals surface area contributed by atoms with E-state index in [9.17, 15) is 4.79 Å². The van der Waals surface area contributed by atoms with Crippen molar-refractivity contribution in [3.63, 3.8) is 0 Å². The van der Waals surface area contributed by atoms with Gasteiger partial charge in [-0.15, -0.1) is 0 Å². The lowest BCUT2D eigenvalue weighted by molar-refractivity contribution is 0.0950. The highest BCUT2D eigenvalue weighted by atomic mass is 35.5. The zero-order valence-electron chi connectivity index (χ0n) is 13.8. The first kappa shape index (κ1) is 17.3. The van der Waals surface area contributed by atoms with Crippen molar-refractivity contribution in [2.45, 2.75) is 0 Å². The highest BCUT2D eigenvalue weighted by Crippen LogP contribution is 2.29. The summed E-state index contributed by atoms with van der Waals surface area (Å²) in [6.07, 6.45) is 3.42. The van der Waals surface area contributed by atoms with E-state index in [1.807, 2.05) is 30.5 Å². The molecule has 8 heteroatoms. The zero-order valence-corrected chi connectivity index (χ0v) is 15.3. The molecule has 0 bridgehead atoms. The van der Waals surface area contributed by atoms with Crippen LogP contribution in [0.25, 0.3) is 22.2 Å². The molecule has 0 atom stereocenters. The predicted octanol–water partition coefficient (Wildman–Crippen LogP) is 4.63. The minimum absolute atomic E-state index is 0.270. The number of aromatic nitrogens is 3. The van der Waals surface area contributed by atoms with Crippen LogP contribution in [-0.2, 0) is 0 Å². The van der Waals surface area contributed by atoms with Crippen LogP contribution in [0.3, 0.4) is 0 Å². The van der Waals surface area contributed by atoms with Gasteiger partial charge in [0.25, 0.3) is 5.91 Å². The van der Waals surface area contributed by atoms with Gasteiger partial charge in [-0.25, -0.2) is 5.43 Å². The maximum Gasteiger partial charge on any atom is 0.289 e. The number of nitrogens with zero attached hydrogens (tertiary/aromatic N) is 2. The van der Waals surface area contributed by atoms with Gasteiger partial charge < -0.3 is 4.98 Å². The molecule has 4 aromatic rings. The Hall–Kier alpha value is -3.09. The number of hydrogen-bond donors (Lipinski definition) is 3. The number of para-hydroxylation sites is 1. The summed E-state index contributed by atoms with van der Waals surface area (Å²) in [6, 6.07) is 14.5. The van der Waals surface area contributed by atoms with Crippen LogP contribution in [0.2, 0.25) is 10.0 Å². The molecule has 4 rings (SSSR count). The van der Waals surface area contributed by atoms with Crippen molar-refractivity contribution >= 4 is 46.2 Å². The standard InChI is InChI=1S/C19H13Cl2N5O/c20-12-5-6-14(15(21)7-12)17-8-18(25-24-17)19(27)26-23-10-11-9-22-16-4-2-1-3-13(11)16/h1-10,22H,(H,24,25)(H,26,27)/b23-10+. The average Bonchev–Trinajstić information content (AvgIpc) is 3.29. The molecule has 6 nitrogen and oxygen atoms in total. The van der Waals surface area contributed by atoms with Crippen molar-refractivity contribution in [2.75, 3.05) is 0 Å². The van der Waals surface area contributed by atoms with Gasteiger partial charge >= 0.3 is 0 Å². The average molecular weight is 398 g/mol. The van der Waals surface area contributed by atoms with E-state index in [4.69, 9.17) is 23.2 Å². The number of rotatable bonds is 4. The van der Waals surface area contributed by atoms with E-state index in [2.05, 4.69) is 25.7 Å². The van der Waals surface area contributed by atoms with Crippen molar-refractivity contribution < 1.29 is 4.79 Å². The monoisotopic (exact) mass is 397 g/mol. The number of nitrogens with one attached hydrogen (secondary N) is 3. The summed E-state index contributed by atoms with van der Waals surface area (Å²) < 4.78 is 0. The number of fused-ring (bicyclic) bond motifs is 1. The van der Waals surface area contributed by atoms with Gasteiger partial charge in [0.15, 0.2) is 0 Å². The fourth-order valence-corrected chi connectivity index (χ4v) is 3.20. The molecular formula is C19H13Cl2N5O. The molecule has 0 unspecified atom stereocenters. The third-order valence-corrected chi connectivity index (χ3v) is 4.57. The van der Waals surface area contributed by atoms with E-state index >= 15 is 0 Å². The number of carbonyl (C=O) groups excluding carboxylic acids is 1. The van der Waals surface area contributed by atoms with Gasteiger partial charge in [0.05, 0.1) is 16.9 Å². The first-order valence-electron chi connectivity index (χ1n) is 8.02. The van der Waals surface area contributed by atoms with Crippen LogP contribution in [0.15, 0.2) is 59.8 Å². The zero-order chi connectivity index (χ0) is 18.8. The summed E-state index contributed by atoms with van der Waals surface area (Å²) >= 11 is 12.1. The quantitative estimate of drug-likeness (QED) is 0.346. The van der Waals surface area contributed by atoms with E-state index in [1.165, 1.54) is 0 Å². The lowest BCUT2D eigenvalue weighted by Crippen LogP contribution is -2.17. The molecule has 27 heavy (non-hydrogen) atoms. The molecule has 3 N–H and O–H groups in total. The molecule has 0 radical (unpaired) electrons. The fraction of sp³-hybridized carbons (Fsp3) is 0. The Morgan fingerprint density at radius 3 is 2.85 bits per heavy atom. The molecule has 2 heterocycles. The van der Waals surface area contributed by atoms with Gasteiger partial charge in [0.2, 0.25) is 0 Å². The lowest BCUT2D eigenvalue weighted by atomic mass is 10.1. The Bertz CT molecular complexity index is 1160. The van der Waals surface area contributed by atoms with Crippen LogP contribution < -0.4 is 5.43 Å². The first-order chi connectivity index (χ1) is 13.1. The number of halogens is 2. The van der Waals surface area contributed by atoms with E-state index < -0.39 is 5.91 Å². The van der Waals surface area contributed by atoms with Gasteiger partial charge in [0.1, 0.15) is 5.69 Å². The second-order valence-corrected chi connectivity index (χ2v) is 6.62. The maximum atomic E-state index is 12.3. The molecule has 134 valence electrons. The molecular weight excluding hydrogens is 385 g/mol. The number of hydrogen-bond acceptors (Lipinski definition) is 3. The van der Waals surface area contributed by atoms with Crippen LogP contribution in [0.4, 0.5) is 0 Å². The maximum absolute atomic E-state index is 12.3. The number of amides is 1. The van der Waals surface area contributed by atoms with Crippen molar-refractivity contribution in [1.82, 2.24) is 20.6 Å². The SMILES string of the molecule is O=C(N/N=C/c1c[nH]c2ccccc12)c1cc(-c2ccc(Cl)cc2Cl)n[nH]1. The van der Waals surface area contributed by atoms with Gasteiger partial charge in [-0.3, -0.25) is 9.89 Å². The summed E-state index contributed by atoms with van der Waals surface area (Å²) in [5, 5.41) is 12.8. The molecule has 0 aliphatic carbocycles. The second kappa shape index (κ2) is 7.26. The predicted molar refractivity (Wildman–Crippen MR) is 107 cm³/mol. The van der Waals surface area contributed by atoms with Gasteiger partial charge in [-0.1, -0.05) is 41.4 Å². The third-order valence-electron chi connectivity index (χ3n) is 4.02. The van der Waals surface area contributed by atoms with Crippen LogP contribution in [0, 0.1) is 0 Å². The summed E-state index contributed by atoms with van der Waals surface area (Å²) in [6.45, 7) is 0. The number of H-pyrrole nitrogens is 2. The van der Waals surface area contributed by atoms with Crippen LogP contribution in [-0.4, -0.2) is 27.3 Å². The van der Waals surface area contributed by atoms with Crippen molar-refractivity contribution in [1.29, 1.82) is 0 Å². The third kappa shape index (κ3) is 3.58. The lowest BCUT2D eigenvalue weighted by Gasteiger charge is -2.00. The topological polar surface area (TPSA) is 85.9 Å². The first-order valence-corrected chi connectivity index (χ1v) is 8.78. The van der Waals surface area contributed by atoms with Gasteiger partial charge in [-0.2, -0.15) is 10.2 Å². The highest BCUT2D eigenvalue weighted by Gasteiger charge is 2.13. The normalized spacial score (nSPS) is 11.3. The number of carbonyl (C=O) groups is 1. The molecule has 1 amide bonds. The molecule has 0 saturated carbocycles. The van der Waals surface area contributed by atoms with Crippen LogP contribution >= 0.6 is 23.2 Å². The molecule has 0 fully saturated rings. The molecule has 0 aliphatic rings. The minimum Gasteiger partial charge on any atom is -0.361 e. The van der Waals surface area contributed by atoms with Crippen LogP contribution in [0.5, 0.6) is 0 Å². The molecule has 2 aromatic heterocycles. The van der Waals surface area contributed by atoms with Crippen molar-refractivity contribution in [3.05, 3.63) is 76.0 Å². The smallest absolute Gasteiger partial charge is 0.289 e. The van der Waals surface area contributed by atoms with E-state index in [0.29, 0.717) is 21.3 Å². The van der Waals surface area contributed by atoms with Gasteiger partial charge in [-0.05, 0) is 30.3 Å². The molecule has 0 aliphatic heterocycles. The second-order valence-electron chi connectivity index (χ2n) is 5.78. The van der Waals surface area contributed by atoms with E-state index in [0.717, 1.165) is 16.5 Å². The molecule has 0 spiro atoms. The Kier molecular flexibility index (Phi) is 4.66. The summed E-state index contributed by atoms with van der Waals surface area (Å²) in [4.78, 5) is 15.4. The van der Waals surface area contributed by atoms with Crippen molar-refractivity contribution in [3.8, 4) is 11.3 Å². The molecule has 0 saturated heterocycles. The summed E-state index contributed by atoms with van der Waals surface area (Å²) in [5.74, 6) is -0.407. The van der Waals surface area contributed by atoms with E-state index in [-0.39, 0.29) is 5.69 Å². The number of aromatic amines is 2. The highest BCUT2D eigenvalue weighted by molar-refractivity contribution is 6.36. The van der Waals surface area contributed by atoms with Crippen molar-refractivity contribution in [2.24, 2.45) is 5.10 Å².